The Morgan fingerprint density at radius 1 is 1.21 bits per heavy atom. The lowest BCUT2D eigenvalue weighted by Crippen LogP contribution is -2.41. The molecule has 1 aromatic carbocycles. The Morgan fingerprint density at radius 2 is 1.85 bits per heavy atom. The largest absolute Gasteiger partial charge is 0.501 e. The van der Waals surface area contributed by atoms with Gasteiger partial charge >= 0.3 is 11.7 Å². The summed E-state index contributed by atoms with van der Waals surface area (Å²) >= 11 is 0. The smallest absolute Gasteiger partial charge is 0.365 e. The molecule has 0 spiro atoms. The fraction of sp³-hybridized carbons (Fsp3) is 0.522. The molecule has 39 heavy (non-hydrogen) atoms. The molecule has 0 unspecified atom stereocenters. The predicted molar refractivity (Wildman–Crippen MR) is 132 cm³/mol. The highest BCUT2D eigenvalue weighted by Crippen LogP contribution is 2.37. The molecule has 3 rings (SSSR count). The van der Waals surface area contributed by atoms with E-state index in [4.69, 9.17) is 5.73 Å². The van der Waals surface area contributed by atoms with E-state index in [1.807, 2.05) is 0 Å². The van der Waals surface area contributed by atoms with Crippen LogP contribution in [0.3, 0.4) is 0 Å². The highest BCUT2D eigenvalue weighted by molar-refractivity contribution is 7.92. The van der Waals surface area contributed by atoms with E-state index in [9.17, 15) is 39.6 Å². The van der Waals surface area contributed by atoms with E-state index in [1.165, 1.54) is 10.9 Å². The number of rotatable bonds is 9. The van der Waals surface area contributed by atoms with E-state index in [0.717, 1.165) is 24.3 Å². The average Bonchev–Trinajstić information content (AvgIpc) is 3.25. The number of benzene rings is 1. The van der Waals surface area contributed by atoms with Crippen LogP contribution in [0.1, 0.15) is 42.1 Å². The van der Waals surface area contributed by atoms with Crippen LogP contribution in [0.15, 0.2) is 40.4 Å². The molecule has 3 N–H and O–H groups in total. The first-order chi connectivity index (χ1) is 18.0. The number of nitrogens with one attached hydrogen (secondary N) is 1. The van der Waals surface area contributed by atoms with Gasteiger partial charge in [-0.15, -0.1) is 0 Å². The summed E-state index contributed by atoms with van der Waals surface area (Å²) < 4.78 is 101. The summed E-state index contributed by atoms with van der Waals surface area (Å²) in [4.78, 5) is 16.9. The fourth-order valence-electron chi connectivity index (χ4n) is 4.55. The first-order valence-corrected chi connectivity index (χ1v) is 13.3. The number of amides is 1. The molecule has 3 atom stereocenters. The van der Waals surface area contributed by atoms with E-state index >= 15 is 0 Å². The third kappa shape index (κ3) is 7.29. The summed E-state index contributed by atoms with van der Waals surface area (Å²) in [7, 11) is -2.31. The van der Waals surface area contributed by atoms with E-state index in [-0.39, 0.29) is 41.6 Å². The van der Waals surface area contributed by atoms with Crippen molar-refractivity contribution in [3.05, 3.63) is 36.0 Å². The van der Waals surface area contributed by atoms with Crippen LogP contribution in [0.4, 0.5) is 37.8 Å². The molecule has 1 amide bonds. The molecule has 216 valence electrons. The van der Waals surface area contributed by atoms with Gasteiger partial charge in [0.1, 0.15) is 5.56 Å². The number of hydrogen-bond donors (Lipinski definition) is 2. The number of aromatic nitrogens is 2. The van der Waals surface area contributed by atoms with Crippen LogP contribution in [0.25, 0.3) is 0 Å². The zero-order valence-electron chi connectivity index (χ0n) is 21.0. The first kappa shape index (κ1) is 30.4. The van der Waals surface area contributed by atoms with Gasteiger partial charge in [-0.3, -0.25) is 9.48 Å². The zero-order valence-corrected chi connectivity index (χ0v) is 21.8. The van der Waals surface area contributed by atoms with Crippen LogP contribution >= 0.6 is 0 Å². The maximum absolute atomic E-state index is 12.8. The molecule has 1 aromatic heterocycles. The molecular formula is C23H28F6N6O3S. The van der Waals surface area contributed by atoms with E-state index in [0.29, 0.717) is 19.3 Å². The first-order valence-electron chi connectivity index (χ1n) is 11.8. The Hall–Kier alpha value is -3.14. The van der Waals surface area contributed by atoms with Crippen molar-refractivity contribution < 1.29 is 39.6 Å². The molecule has 0 aliphatic heterocycles. The number of hydrogen-bond acceptors (Lipinski definition) is 7. The van der Waals surface area contributed by atoms with Crippen molar-refractivity contribution in [3.8, 4) is 0 Å². The van der Waals surface area contributed by atoms with Crippen molar-refractivity contribution in [1.29, 1.82) is 0 Å². The summed E-state index contributed by atoms with van der Waals surface area (Å²) in [5.74, 6) is -1.05. The van der Waals surface area contributed by atoms with Crippen molar-refractivity contribution in [2.45, 2.75) is 54.3 Å². The van der Waals surface area contributed by atoms with Gasteiger partial charge in [0.2, 0.25) is 0 Å². The number of aliphatic imine (C=N–C) groups is 1. The SMILES string of the molecule is CN=C[C@H]1C[C@H](N(C)CCC(F)(F)F)CC[C@@H]1n1cc(C(N)=O)c(Nc2ccc(S(=O)(=O)C(F)(F)F)cc2)n1. The molecule has 0 radical (unpaired) electrons. The maximum Gasteiger partial charge on any atom is 0.501 e. The zero-order chi connectivity index (χ0) is 29.2. The number of nitrogens with two attached hydrogens (primary N) is 1. The number of halogens is 6. The number of carbonyl (C=O) groups excluding carboxylic acids is 1. The second kappa shape index (κ2) is 11.5. The van der Waals surface area contributed by atoms with Crippen molar-refractivity contribution in [1.82, 2.24) is 14.7 Å². The standard InChI is InChI=1S/C23H28F6N6O3S/c1-31-12-14-11-16(34(2)10-9-22(24,25)26)5-8-19(14)35-13-18(20(30)36)21(33-35)32-15-3-6-17(7-4-15)39(37,38)23(27,28)29/h3-4,6-7,12-14,16,19H,5,8-11H2,1-2H3,(H2,30,36)(H,32,33)/t14-,16-,19+/m1/s1. The predicted octanol–water partition coefficient (Wildman–Crippen LogP) is 4.31. The van der Waals surface area contributed by atoms with E-state index in [1.54, 1.807) is 25.2 Å². The third-order valence-electron chi connectivity index (χ3n) is 6.62. The highest BCUT2D eigenvalue weighted by atomic mass is 32.2. The minimum atomic E-state index is -5.52. The number of carbonyl (C=O) groups is 1. The lowest BCUT2D eigenvalue weighted by Gasteiger charge is -2.38. The summed E-state index contributed by atoms with van der Waals surface area (Å²) in [5, 5.41) is 7.19. The third-order valence-corrected chi connectivity index (χ3v) is 8.12. The summed E-state index contributed by atoms with van der Waals surface area (Å²) in [6.07, 6.45) is -0.492. The van der Waals surface area contributed by atoms with Gasteiger partial charge in [-0.05, 0) is 50.6 Å². The van der Waals surface area contributed by atoms with Crippen LogP contribution in [-0.2, 0) is 9.84 Å². The van der Waals surface area contributed by atoms with Crippen molar-refractivity contribution >= 4 is 33.5 Å². The quantitative estimate of drug-likeness (QED) is 0.336. The molecule has 16 heteroatoms. The van der Waals surface area contributed by atoms with Gasteiger partial charge in [0, 0.05) is 43.7 Å². The summed E-state index contributed by atoms with van der Waals surface area (Å²) in [6, 6.07) is 3.32. The molecule has 0 bridgehead atoms. The number of anilines is 2. The molecule has 2 aromatic rings. The van der Waals surface area contributed by atoms with Crippen LogP contribution in [0.2, 0.25) is 0 Å². The lowest BCUT2D eigenvalue weighted by atomic mass is 9.81. The number of alkyl halides is 6. The Labute approximate surface area is 221 Å². The summed E-state index contributed by atoms with van der Waals surface area (Å²) in [5.41, 5.74) is 0.191. The monoisotopic (exact) mass is 582 g/mol. The molecule has 1 aliphatic carbocycles. The number of sulfone groups is 1. The van der Waals surface area contributed by atoms with Crippen molar-refractivity contribution in [2.75, 3.05) is 26.0 Å². The Bertz CT molecular complexity index is 1290. The molecule has 9 nitrogen and oxygen atoms in total. The van der Waals surface area contributed by atoms with Gasteiger partial charge in [-0.25, -0.2) is 8.42 Å². The number of primary amides is 1. The second-order valence-corrected chi connectivity index (χ2v) is 11.2. The van der Waals surface area contributed by atoms with Crippen LogP contribution in [-0.4, -0.2) is 73.6 Å². The van der Waals surface area contributed by atoms with Crippen LogP contribution in [0.5, 0.6) is 0 Å². The van der Waals surface area contributed by atoms with Crippen molar-refractivity contribution in [3.63, 3.8) is 0 Å². The van der Waals surface area contributed by atoms with Gasteiger partial charge in [-0.2, -0.15) is 31.4 Å². The van der Waals surface area contributed by atoms with Gasteiger partial charge in [-0.1, -0.05) is 0 Å². The maximum atomic E-state index is 12.8. The Kier molecular flexibility index (Phi) is 8.99. The fourth-order valence-corrected chi connectivity index (χ4v) is 5.32. The van der Waals surface area contributed by atoms with Gasteiger partial charge < -0.3 is 20.9 Å². The van der Waals surface area contributed by atoms with Crippen LogP contribution in [0, 0.1) is 5.92 Å². The normalized spacial score (nSPS) is 21.0. The van der Waals surface area contributed by atoms with Gasteiger partial charge in [0.15, 0.2) is 5.82 Å². The highest BCUT2D eigenvalue weighted by Gasteiger charge is 2.46. The summed E-state index contributed by atoms with van der Waals surface area (Å²) in [6.45, 7) is -0.139. The minimum absolute atomic E-state index is 0.00512. The average molecular weight is 583 g/mol. The van der Waals surface area contributed by atoms with Crippen LogP contribution < -0.4 is 11.1 Å². The van der Waals surface area contributed by atoms with Gasteiger partial charge in [0.05, 0.1) is 17.4 Å². The second-order valence-electron chi connectivity index (χ2n) is 9.29. The van der Waals surface area contributed by atoms with Gasteiger partial charge in [0.25, 0.3) is 15.7 Å². The minimum Gasteiger partial charge on any atom is -0.365 e. The molecule has 1 aliphatic rings. The molecule has 1 heterocycles. The molecule has 1 fully saturated rings. The van der Waals surface area contributed by atoms with Crippen molar-refractivity contribution in [2.24, 2.45) is 16.6 Å². The molecule has 0 saturated heterocycles. The topological polar surface area (TPSA) is 123 Å². The Balaban J connectivity index is 1.81. The molecular weight excluding hydrogens is 554 g/mol. The lowest BCUT2D eigenvalue weighted by molar-refractivity contribution is -0.138. The number of nitrogens with zero attached hydrogens (tertiary/aromatic N) is 4. The van der Waals surface area contributed by atoms with E-state index < -0.39 is 38.7 Å². The molecule has 1 saturated carbocycles. The Morgan fingerprint density at radius 3 is 2.38 bits per heavy atom. The van der Waals surface area contributed by atoms with E-state index in [2.05, 4.69) is 15.4 Å².